The maximum atomic E-state index is 11.5. The highest BCUT2D eigenvalue weighted by Crippen LogP contribution is 2.45. The van der Waals surface area contributed by atoms with Gasteiger partial charge >= 0.3 is 5.97 Å². The molecule has 4 heteroatoms. The van der Waals surface area contributed by atoms with Crippen molar-refractivity contribution in [2.24, 2.45) is 0 Å². The Morgan fingerprint density at radius 1 is 1.04 bits per heavy atom. The molecule has 1 fully saturated rings. The van der Waals surface area contributed by atoms with Crippen LogP contribution in [0.5, 0.6) is 5.75 Å². The lowest BCUT2D eigenvalue weighted by Crippen LogP contribution is -2.40. The minimum absolute atomic E-state index is 0.0117. The maximum absolute atomic E-state index is 11.5. The van der Waals surface area contributed by atoms with Crippen LogP contribution in [0.1, 0.15) is 63.5 Å². The number of carboxylic acid groups (broad SMARTS) is 1. The average molecular weight is 387 g/mol. The van der Waals surface area contributed by atoms with Gasteiger partial charge < -0.3 is 9.84 Å². The van der Waals surface area contributed by atoms with Crippen LogP contribution in [0.25, 0.3) is 0 Å². The molecule has 0 heterocycles. The molecule has 3 nitrogen and oxygen atoms in total. The van der Waals surface area contributed by atoms with E-state index in [0.717, 1.165) is 17.9 Å². The van der Waals surface area contributed by atoms with E-state index in [9.17, 15) is 9.90 Å². The van der Waals surface area contributed by atoms with Crippen molar-refractivity contribution in [3.63, 3.8) is 0 Å². The largest absolute Gasteiger partial charge is 0.478 e. The molecule has 144 valence electrons. The van der Waals surface area contributed by atoms with E-state index in [1.165, 1.54) is 30.4 Å². The number of hydrogen-bond acceptors (Lipinski definition) is 2. The summed E-state index contributed by atoms with van der Waals surface area (Å²) in [5.74, 6) is -0.355. The van der Waals surface area contributed by atoms with Crippen LogP contribution in [-0.2, 0) is 10.2 Å². The van der Waals surface area contributed by atoms with Gasteiger partial charge in [0.2, 0.25) is 5.60 Å². The second-order valence-electron chi connectivity index (χ2n) is 7.67. The molecule has 3 rings (SSSR count). The molecule has 2 aromatic carbocycles. The van der Waals surface area contributed by atoms with Gasteiger partial charge in [-0.2, -0.15) is 0 Å². The number of aliphatic carboxylic acids is 1. The summed E-state index contributed by atoms with van der Waals surface area (Å²) >= 11 is 6.10. The summed E-state index contributed by atoms with van der Waals surface area (Å²) < 4.78 is 5.79. The van der Waals surface area contributed by atoms with Gasteiger partial charge in [-0.05, 0) is 61.6 Å². The molecule has 1 aliphatic rings. The molecule has 0 amide bonds. The zero-order valence-electron chi connectivity index (χ0n) is 16.0. The number of ether oxygens (including phenoxy) is 1. The molecule has 1 N–H and O–H groups in total. The Balaban J connectivity index is 1.92. The molecule has 0 spiro atoms. The molecule has 2 aromatic rings. The van der Waals surface area contributed by atoms with Crippen molar-refractivity contribution < 1.29 is 14.6 Å². The van der Waals surface area contributed by atoms with Crippen LogP contribution in [0.15, 0.2) is 48.5 Å². The van der Waals surface area contributed by atoms with E-state index in [1.54, 1.807) is 6.92 Å². The zero-order valence-corrected chi connectivity index (χ0v) is 16.8. The monoisotopic (exact) mass is 386 g/mol. The predicted molar refractivity (Wildman–Crippen MR) is 109 cm³/mol. The Labute approximate surface area is 166 Å². The molecule has 0 aliphatic heterocycles. The predicted octanol–water partition coefficient (Wildman–Crippen LogP) is 6.22. The third-order valence-electron chi connectivity index (χ3n) is 5.98. The lowest BCUT2D eigenvalue weighted by molar-refractivity contribution is -0.154. The summed E-state index contributed by atoms with van der Waals surface area (Å²) in [6.45, 7) is 3.43. The Kier molecular flexibility index (Phi) is 5.81. The summed E-state index contributed by atoms with van der Waals surface area (Å²) in [5, 5.41) is 10.2. The summed E-state index contributed by atoms with van der Waals surface area (Å²) in [5.41, 5.74) is 1.33. The van der Waals surface area contributed by atoms with Gasteiger partial charge in [-0.1, -0.05) is 62.1 Å². The van der Waals surface area contributed by atoms with Gasteiger partial charge in [0.15, 0.2) is 0 Å². The van der Waals surface area contributed by atoms with Gasteiger partial charge in [0.05, 0.1) is 0 Å². The SMILES string of the molecule is CCC(C)(Oc1ccc(C2(c3ccc(Cl)cc3)CCCCC2)cc1)C(=O)O. The van der Waals surface area contributed by atoms with Crippen molar-refractivity contribution >= 4 is 17.6 Å². The van der Waals surface area contributed by atoms with E-state index in [1.807, 2.05) is 31.2 Å². The van der Waals surface area contributed by atoms with Crippen LogP contribution in [-0.4, -0.2) is 16.7 Å². The van der Waals surface area contributed by atoms with Gasteiger partial charge in [-0.15, -0.1) is 0 Å². The first-order valence-electron chi connectivity index (χ1n) is 9.69. The Bertz CT molecular complexity index is 776. The topological polar surface area (TPSA) is 46.5 Å². The summed E-state index contributed by atoms with van der Waals surface area (Å²) in [4.78, 5) is 11.5. The molecule has 0 bridgehead atoms. The van der Waals surface area contributed by atoms with Crippen molar-refractivity contribution in [3.8, 4) is 5.75 Å². The van der Waals surface area contributed by atoms with E-state index in [2.05, 4.69) is 24.3 Å². The van der Waals surface area contributed by atoms with E-state index >= 15 is 0 Å². The van der Waals surface area contributed by atoms with Gasteiger partial charge in [0.25, 0.3) is 0 Å². The molecule has 0 radical (unpaired) electrons. The van der Waals surface area contributed by atoms with Crippen LogP contribution >= 0.6 is 11.6 Å². The van der Waals surface area contributed by atoms with E-state index in [-0.39, 0.29) is 5.41 Å². The second-order valence-corrected chi connectivity index (χ2v) is 8.10. The number of hydrogen-bond donors (Lipinski definition) is 1. The molecular weight excluding hydrogens is 360 g/mol. The summed E-state index contributed by atoms with van der Waals surface area (Å²) in [6, 6.07) is 16.2. The van der Waals surface area contributed by atoms with Crippen molar-refractivity contribution in [2.75, 3.05) is 0 Å². The van der Waals surface area contributed by atoms with Crippen LogP contribution in [0.4, 0.5) is 0 Å². The highest BCUT2D eigenvalue weighted by molar-refractivity contribution is 6.30. The fraction of sp³-hybridized carbons (Fsp3) is 0.435. The maximum Gasteiger partial charge on any atom is 0.347 e. The molecule has 0 aromatic heterocycles. The third kappa shape index (κ3) is 3.98. The number of halogens is 1. The quantitative estimate of drug-likeness (QED) is 0.640. The van der Waals surface area contributed by atoms with Crippen molar-refractivity contribution in [1.29, 1.82) is 0 Å². The fourth-order valence-electron chi connectivity index (χ4n) is 4.04. The Morgan fingerprint density at radius 3 is 2.04 bits per heavy atom. The van der Waals surface area contributed by atoms with E-state index in [0.29, 0.717) is 12.2 Å². The van der Waals surface area contributed by atoms with Crippen LogP contribution < -0.4 is 4.74 Å². The van der Waals surface area contributed by atoms with Gasteiger partial charge in [-0.3, -0.25) is 0 Å². The minimum atomic E-state index is -1.21. The first-order chi connectivity index (χ1) is 12.9. The minimum Gasteiger partial charge on any atom is -0.478 e. The van der Waals surface area contributed by atoms with Crippen molar-refractivity contribution in [1.82, 2.24) is 0 Å². The fourth-order valence-corrected chi connectivity index (χ4v) is 4.16. The lowest BCUT2D eigenvalue weighted by atomic mass is 9.65. The first kappa shape index (κ1) is 19.8. The second kappa shape index (κ2) is 7.93. The molecular formula is C23H27ClO3. The van der Waals surface area contributed by atoms with Gasteiger partial charge in [0.1, 0.15) is 5.75 Å². The standard InChI is InChI=1S/C23H27ClO3/c1-3-22(2,21(25)26)27-20-13-9-18(10-14-20)23(15-5-4-6-16-23)17-7-11-19(24)12-8-17/h7-14H,3-6,15-16H2,1-2H3,(H,25,26). The van der Waals surface area contributed by atoms with Gasteiger partial charge in [-0.25, -0.2) is 4.79 Å². The van der Waals surface area contributed by atoms with Crippen LogP contribution in [0.2, 0.25) is 5.02 Å². The molecule has 1 aliphatic carbocycles. The van der Waals surface area contributed by atoms with Crippen LogP contribution in [0, 0.1) is 0 Å². The molecule has 1 atom stereocenters. The summed E-state index contributed by atoms with van der Waals surface area (Å²) in [7, 11) is 0. The normalized spacial score (nSPS) is 18.5. The van der Waals surface area contributed by atoms with Gasteiger partial charge in [0, 0.05) is 10.4 Å². The van der Waals surface area contributed by atoms with Crippen molar-refractivity contribution in [2.45, 2.75) is 63.4 Å². The van der Waals surface area contributed by atoms with Crippen LogP contribution in [0.3, 0.4) is 0 Å². The molecule has 1 saturated carbocycles. The average Bonchev–Trinajstić information content (AvgIpc) is 2.69. The molecule has 1 unspecified atom stereocenters. The lowest BCUT2D eigenvalue weighted by Gasteiger charge is -2.39. The van der Waals surface area contributed by atoms with Crippen molar-refractivity contribution in [3.05, 3.63) is 64.7 Å². The van der Waals surface area contributed by atoms with E-state index in [4.69, 9.17) is 16.3 Å². The first-order valence-corrected chi connectivity index (χ1v) is 10.1. The molecule has 27 heavy (non-hydrogen) atoms. The number of carboxylic acids is 1. The smallest absolute Gasteiger partial charge is 0.347 e. The Morgan fingerprint density at radius 2 is 1.56 bits per heavy atom. The van der Waals surface area contributed by atoms with E-state index < -0.39 is 11.6 Å². The Hall–Kier alpha value is -2.00. The highest BCUT2D eigenvalue weighted by atomic mass is 35.5. The highest BCUT2D eigenvalue weighted by Gasteiger charge is 2.36. The number of rotatable bonds is 6. The molecule has 0 saturated heterocycles. The number of carbonyl (C=O) groups is 1. The zero-order chi connectivity index (χ0) is 19.5. The summed E-state index contributed by atoms with van der Waals surface area (Å²) in [6.07, 6.45) is 6.29. The third-order valence-corrected chi connectivity index (χ3v) is 6.23. The number of benzene rings is 2.